The van der Waals surface area contributed by atoms with Crippen LogP contribution in [-0.2, 0) is 6.54 Å². The molecule has 0 aliphatic carbocycles. The van der Waals surface area contributed by atoms with Crippen molar-refractivity contribution in [1.29, 1.82) is 0 Å². The van der Waals surface area contributed by atoms with E-state index < -0.39 is 6.61 Å². The Balaban J connectivity index is 1.45. The Bertz CT molecular complexity index is 474. The molecule has 0 unspecified atom stereocenters. The molecule has 3 nitrogen and oxygen atoms in total. The number of hydrogen-bond donors (Lipinski definition) is 0. The van der Waals surface area contributed by atoms with Gasteiger partial charge in [0.2, 0.25) is 0 Å². The van der Waals surface area contributed by atoms with Crippen molar-refractivity contribution in [2.45, 2.75) is 51.4 Å². The number of likely N-dealkylation sites (tertiary alicyclic amines) is 2. The van der Waals surface area contributed by atoms with Gasteiger partial charge in [-0.2, -0.15) is 8.78 Å². The number of piperidine rings is 1. The van der Waals surface area contributed by atoms with Gasteiger partial charge in [0.1, 0.15) is 5.75 Å². The molecule has 1 aromatic rings. The summed E-state index contributed by atoms with van der Waals surface area (Å²) < 4.78 is 28.6. The third-order valence-electron chi connectivity index (χ3n) is 4.82. The van der Waals surface area contributed by atoms with E-state index >= 15 is 0 Å². The summed E-state index contributed by atoms with van der Waals surface area (Å²) in [6.07, 6.45) is 4.01. The van der Waals surface area contributed by atoms with Crippen LogP contribution in [0.4, 0.5) is 8.78 Å². The zero-order valence-electron chi connectivity index (χ0n) is 13.0. The van der Waals surface area contributed by atoms with Crippen molar-refractivity contribution < 1.29 is 13.5 Å². The third kappa shape index (κ3) is 3.76. The fourth-order valence-corrected chi connectivity index (χ4v) is 3.58. The smallest absolute Gasteiger partial charge is 0.387 e. The lowest BCUT2D eigenvalue weighted by Gasteiger charge is -2.49. The van der Waals surface area contributed by atoms with E-state index in [-0.39, 0.29) is 5.75 Å². The van der Waals surface area contributed by atoms with Crippen LogP contribution in [0, 0.1) is 0 Å². The Hall–Kier alpha value is -1.20. The molecule has 22 heavy (non-hydrogen) atoms. The zero-order valence-corrected chi connectivity index (χ0v) is 13.0. The van der Waals surface area contributed by atoms with Crippen molar-refractivity contribution in [1.82, 2.24) is 9.80 Å². The van der Waals surface area contributed by atoms with Crippen LogP contribution in [-0.4, -0.2) is 48.1 Å². The fourth-order valence-electron chi connectivity index (χ4n) is 3.58. The first kappa shape index (κ1) is 15.7. The van der Waals surface area contributed by atoms with Gasteiger partial charge in [0, 0.05) is 31.7 Å². The molecule has 3 rings (SSSR count). The minimum absolute atomic E-state index is 0.224. The van der Waals surface area contributed by atoms with E-state index in [0.29, 0.717) is 12.1 Å². The van der Waals surface area contributed by atoms with E-state index in [1.807, 2.05) is 12.1 Å². The average Bonchev–Trinajstić information content (AvgIpc) is 2.45. The minimum Gasteiger partial charge on any atom is -0.435 e. The van der Waals surface area contributed by atoms with Gasteiger partial charge in [0.25, 0.3) is 0 Å². The minimum atomic E-state index is -2.76. The normalized spacial score (nSPS) is 24.5. The lowest BCUT2D eigenvalue weighted by molar-refractivity contribution is -0.0498. The van der Waals surface area contributed by atoms with Crippen molar-refractivity contribution in [3.05, 3.63) is 29.8 Å². The van der Waals surface area contributed by atoms with Crippen LogP contribution in [0.3, 0.4) is 0 Å². The molecule has 2 heterocycles. The Morgan fingerprint density at radius 2 is 1.91 bits per heavy atom. The number of nitrogens with zero attached hydrogens (tertiary/aromatic N) is 2. The van der Waals surface area contributed by atoms with Crippen LogP contribution in [0.2, 0.25) is 0 Å². The highest BCUT2D eigenvalue weighted by atomic mass is 19.3. The predicted octanol–water partition coefficient (Wildman–Crippen LogP) is 3.35. The third-order valence-corrected chi connectivity index (χ3v) is 4.82. The molecule has 1 atom stereocenters. The summed E-state index contributed by atoms with van der Waals surface area (Å²) in [5.74, 6) is 0.224. The van der Waals surface area contributed by atoms with Crippen LogP contribution in [0.15, 0.2) is 24.3 Å². The highest BCUT2D eigenvalue weighted by Gasteiger charge is 2.34. The molecular formula is C17H24F2N2O. The van der Waals surface area contributed by atoms with Crippen LogP contribution in [0.5, 0.6) is 5.75 Å². The first-order valence-corrected chi connectivity index (χ1v) is 8.13. The lowest BCUT2D eigenvalue weighted by atomic mass is 9.97. The Kier molecular flexibility index (Phi) is 4.93. The van der Waals surface area contributed by atoms with E-state index in [1.165, 1.54) is 25.8 Å². The number of benzene rings is 1. The van der Waals surface area contributed by atoms with E-state index in [9.17, 15) is 8.78 Å². The van der Waals surface area contributed by atoms with Gasteiger partial charge in [-0.15, -0.1) is 0 Å². The van der Waals surface area contributed by atoms with E-state index in [4.69, 9.17) is 0 Å². The van der Waals surface area contributed by atoms with E-state index in [2.05, 4.69) is 21.5 Å². The maximum Gasteiger partial charge on any atom is 0.387 e. The van der Waals surface area contributed by atoms with Crippen LogP contribution < -0.4 is 4.74 Å². The highest BCUT2D eigenvalue weighted by molar-refractivity contribution is 5.27. The summed E-state index contributed by atoms with van der Waals surface area (Å²) in [5, 5.41) is 0. The van der Waals surface area contributed by atoms with Crippen molar-refractivity contribution >= 4 is 0 Å². The van der Waals surface area contributed by atoms with Crippen LogP contribution >= 0.6 is 0 Å². The number of alkyl halides is 2. The van der Waals surface area contributed by atoms with Gasteiger partial charge >= 0.3 is 6.61 Å². The molecule has 122 valence electrons. The monoisotopic (exact) mass is 310 g/mol. The van der Waals surface area contributed by atoms with Crippen LogP contribution in [0.1, 0.15) is 31.7 Å². The standard InChI is InChI=1S/C17H24F2N2O/c1-13-4-2-3-9-21(13)15-11-20(12-15)10-14-5-7-16(8-6-14)22-17(18)19/h5-8,13,15,17H,2-4,9-12H2,1H3/t13-/m0/s1. The Morgan fingerprint density at radius 3 is 2.55 bits per heavy atom. The molecule has 5 heteroatoms. The van der Waals surface area contributed by atoms with Crippen molar-refractivity contribution in [3.63, 3.8) is 0 Å². The molecule has 2 aliphatic rings. The molecular weight excluding hydrogens is 286 g/mol. The summed E-state index contributed by atoms with van der Waals surface area (Å²) in [4.78, 5) is 5.06. The van der Waals surface area contributed by atoms with Crippen molar-refractivity contribution in [2.75, 3.05) is 19.6 Å². The molecule has 0 spiro atoms. The van der Waals surface area contributed by atoms with Gasteiger partial charge in [0.15, 0.2) is 0 Å². The molecule has 0 bridgehead atoms. The lowest BCUT2D eigenvalue weighted by Crippen LogP contribution is -2.61. The van der Waals surface area contributed by atoms with Gasteiger partial charge in [-0.25, -0.2) is 0 Å². The topological polar surface area (TPSA) is 15.7 Å². The van der Waals surface area contributed by atoms with Crippen molar-refractivity contribution in [3.8, 4) is 5.75 Å². The summed E-state index contributed by atoms with van der Waals surface area (Å²) in [5.41, 5.74) is 1.15. The Labute approximate surface area is 130 Å². The summed E-state index contributed by atoms with van der Waals surface area (Å²) in [6, 6.07) is 8.38. The van der Waals surface area contributed by atoms with E-state index in [0.717, 1.165) is 25.2 Å². The van der Waals surface area contributed by atoms with E-state index in [1.54, 1.807) is 12.1 Å². The molecule has 1 aromatic carbocycles. The maximum absolute atomic E-state index is 12.1. The molecule has 0 N–H and O–H groups in total. The number of rotatable bonds is 5. The molecule has 0 saturated carbocycles. The quantitative estimate of drug-likeness (QED) is 0.829. The number of ether oxygens (including phenoxy) is 1. The number of halogens is 2. The second-order valence-electron chi connectivity index (χ2n) is 6.45. The van der Waals surface area contributed by atoms with Gasteiger partial charge in [-0.05, 0) is 44.0 Å². The average molecular weight is 310 g/mol. The summed E-state index contributed by atoms with van der Waals surface area (Å²) in [6.45, 7) is 3.92. The molecule has 0 aromatic heterocycles. The molecule has 0 amide bonds. The van der Waals surface area contributed by atoms with Gasteiger partial charge < -0.3 is 4.74 Å². The molecule has 0 radical (unpaired) electrons. The first-order valence-electron chi connectivity index (χ1n) is 8.13. The Morgan fingerprint density at radius 1 is 1.18 bits per heavy atom. The molecule has 2 aliphatic heterocycles. The van der Waals surface area contributed by atoms with Crippen LogP contribution in [0.25, 0.3) is 0 Å². The SMILES string of the molecule is C[C@H]1CCCCN1C1CN(Cc2ccc(OC(F)F)cc2)C1. The second-order valence-corrected chi connectivity index (χ2v) is 6.45. The zero-order chi connectivity index (χ0) is 15.5. The highest BCUT2D eigenvalue weighted by Crippen LogP contribution is 2.25. The summed E-state index contributed by atoms with van der Waals surface area (Å²) in [7, 11) is 0. The first-order chi connectivity index (χ1) is 10.6. The second kappa shape index (κ2) is 6.92. The van der Waals surface area contributed by atoms with Crippen molar-refractivity contribution in [2.24, 2.45) is 0 Å². The van der Waals surface area contributed by atoms with Gasteiger partial charge in [0.05, 0.1) is 0 Å². The molecule has 2 saturated heterocycles. The predicted molar refractivity (Wildman–Crippen MR) is 82.2 cm³/mol. The van der Waals surface area contributed by atoms with Gasteiger partial charge in [-0.1, -0.05) is 18.6 Å². The van der Waals surface area contributed by atoms with Gasteiger partial charge in [-0.3, -0.25) is 9.80 Å². The maximum atomic E-state index is 12.1. The largest absolute Gasteiger partial charge is 0.435 e. The molecule has 2 fully saturated rings. The fraction of sp³-hybridized carbons (Fsp3) is 0.647. The number of hydrogen-bond acceptors (Lipinski definition) is 3. The summed E-state index contributed by atoms with van der Waals surface area (Å²) >= 11 is 0.